The number of aromatic nitrogens is 1. The van der Waals surface area contributed by atoms with Crippen LogP contribution >= 0.6 is 0 Å². The molecule has 2 N–H and O–H groups in total. The number of amides is 1. The molecule has 0 aliphatic carbocycles. The Morgan fingerprint density at radius 1 is 1.29 bits per heavy atom. The Morgan fingerprint density at radius 2 is 2.12 bits per heavy atom. The molecule has 1 aromatic rings. The van der Waals surface area contributed by atoms with E-state index in [9.17, 15) is 4.79 Å². The molecule has 0 spiro atoms. The monoisotopic (exact) mass is 235 g/mol. The zero-order chi connectivity index (χ0) is 12.5. The first-order valence-electron chi connectivity index (χ1n) is 6.26. The van der Waals surface area contributed by atoms with Crippen molar-refractivity contribution in [1.29, 1.82) is 0 Å². The van der Waals surface area contributed by atoms with Crippen molar-refractivity contribution in [3.63, 3.8) is 0 Å². The summed E-state index contributed by atoms with van der Waals surface area (Å²) in [6.45, 7) is 5.07. The van der Waals surface area contributed by atoms with E-state index in [1.165, 1.54) is 0 Å². The Balaban J connectivity index is 2.41. The number of nitrogens with zero attached hydrogens (tertiary/aromatic N) is 1. The molecule has 0 bridgehead atoms. The van der Waals surface area contributed by atoms with E-state index < -0.39 is 0 Å². The second kappa shape index (κ2) is 7.65. The molecule has 0 aliphatic heterocycles. The first-order valence-corrected chi connectivity index (χ1v) is 6.26. The van der Waals surface area contributed by atoms with Gasteiger partial charge in [-0.2, -0.15) is 0 Å². The van der Waals surface area contributed by atoms with Gasteiger partial charge in [0.2, 0.25) is 5.91 Å². The third-order valence-corrected chi connectivity index (χ3v) is 2.36. The van der Waals surface area contributed by atoms with Crippen molar-refractivity contribution in [3.8, 4) is 0 Å². The van der Waals surface area contributed by atoms with Crippen LogP contribution in [0.5, 0.6) is 0 Å². The van der Waals surface area contributed by atoms with Gasteiger partial charge in [0, 0.05) is 13.0 Å². The van der Waals surface area contributed by atoms with Gasteiger partial charge in [0.1, 0.15) is 5.82 Å². The average Bonchev–Trinajstić information content (AvgIpc) is 2.32. The summed E-state index contributed by atoms with van der Waals surface area (Å²) in [6, 6.07) is 3.76. The maximum Gasteiger partial charge on any atom is 0.224 e. The number of carbonyl (C=O) groups is 1. The van der Waals surface area contributed by atoms with Gasteiger partial charge in [0.05, 0.1) is 11.9 Å². The lowest BCUT2D eigenvalue weighted by Crippen LogP contribution is -2.11. The number of carbonyl (C=O) groups excluding carboxylic acids is 1. The Hall–Kier alpha value is -1.58. The fraction of sp³-hybridized carbons (Fsp3) is 0.538. The van der Waals surface area contributed by atoms with Crippen molar-refractivity contribution in [2.45, 2.75) is 39.5 Å². The summed E-state index contributed by atoms with van der Waals surface area (Å²) >= 11 is 0. The highest BCUT2D eigenvalue weighted by Crippen LogP contribution is 2.10. The highest BCUT2D eigenvalue weighted by atomic mass is 16.1. The van der Waals surface area contributed by atoms with Crippen LogP contribution in [0.25, 0.3) is 0 Å². The van der Waals surface area contributed by atoms with E-state index in [2.05, 4.69) is 22.5 Å². The highest BCUT2D eigenvalue weighted by Gasteiger charge is 2.00. The molecule has 4 nitrogen and oxygen atoms in total. The first-order chi connectivity index (χ1) is 8.26. The number of hydrogen-bond donors (Lipinski definition) is 2. The molecular weight excluding hydrogens is 214 g/mol. The molecule has 0 saturated heterocycles. The maximum atomic E-state index is 11.4. The summed E-state index contributed by atoms with van der Waals surface area (Å²) in [5.74, 6) is 0.896. The van der Waals surface area contributed by atoms with Crippen LogP contribution in [0.15, 0.2) is 18.3 Å². The number of rotatable bonds is 7. The summed E-state index contributed by atoms with van der Waals surface area (Å²) in [5, 5.41) is 6.04. The zero-order valence-electron chi connectivity index (χ0n) is 10.6. The first kappa shape index (κ1) is 13.5. The van der Waals surface area contributed by atoms with Crippen LogP contribution in [-0.4, -0.2) is 17.4 Å². The number of anilines is 2. The van der Waals surface area contributed by atoms with E-state index in [0.29, 0.717) is 6.42 Å². The van der Waals surface area contributed by atoms with Crippen molar-refractivity contribution in [3.05, 3.63) is 18.3 Å². The molecule has 1 heterocycles. The molecule has 0 fully saturated rings. The molecular formula is C13H21N3O. The van der Waals surface area contributed by atoms with Crippen molar-refractivity contribution in [2.75, 3.05) is 17.2 Å². The van der Waals surface area contributed by atoms with Gasteiger partial charge in [-0.25, -0.2) is 4.98 Å². The van der Waals surface area contributed by atoms with Gasteiger partial charge in [-0.1, -0.05) is 20.3 Å². The summed E-state index contributed by atoms with van der Waals surface area (Å²) in [7, 11) is 0. The Morgan fingerprint density at radius 3 is 2.71 bits per heavy atom. The van der Waals surface area contributed by atoms with Crippen LogP contribution in [0.1, 0.15) is 39.5 Å². The van der Waals surface area contributed by atoms with Gasteiger partial charge >= 0.3 is 0 Å². The molecule has 17 heavy (non-hydrogen) atoms. The van der Waals surface area contributed by atoms with E-state index in [1.807, 2.05) is 19.1 Å². The quantitative estimate of drug-likeness (QED) is 0.714. The molecule has 4 heteroatoms. The molecule has 0 saturated carbocycles. The Bertz CT molecular complexity index is 335. The van der Waals surface area contributed by atoms with Gasteiger partial charge in [-0.3, -0.25) is 4.79 Å². The molecule has 0 aliphatic rings. The predicted octanol–water partition coefficient (Wildman–Crippen LogP) is 3.03. The van der Waals surface area contributed by atoms with Gasteiger partial charge in [-0.05, 0) is 25.0 Å². The SMILES string of the molecule is CCCCNc1ccc(NC(=O)CCC)cn1. The maximum absolute atomic E-state index is 11.4. The number of unbranched alkanes of at least 4 members (excludes halogenated alkanes) is 1. The minimum Gasteiger partial charge on any atom is -0.370 e. The average molecular weight is 235 g/mol. The smallest absolute Gasteiger partial charge is 0.224 e. The predicted molar refractivity (Wildman–Crippen MR) is 71.2 cm³/mol. The second-order valence-electron chi connectivity index (χ2n) is 4.01. The normalized spacial score (nSPS) is 10.0. The van der Waals surface area contributed by atoms with E-state index in [4.69, 9.17) is 0 Å². The summed E-state index contributed by atoms with van der Waals surface area (Å²) in [5.41, 5.74) is 0.754. The van der Waals surface area contributed by atoms with E-state index in [-0.39, 0.29) is 5.91 Å². The summed E-state index contributed by atoms with van der Waals surface area (Å²) in [6.07, 6.45) is 5.39. The van der Waals surface area contributed by atoms with E-state index in [0.717, 1.165) is 37.3 Å². The van der Waals surface area contributed by atoms with Gasteiger partial charge in [0.25, 0.3) is 0 Å². The molecule has 1 aromatic heterocycles. The standard InChI is InChI=1S/C13H21N3O/c1-3-5-9-14-12-8-7-11(10-15-12)16-13(17)6-4-2/h7-8,10H,3-6,9H2,1-2H3,(H,14,15)(H,16,17). The highest BCUT2D eigenvalue weighted by molar-refractivity contribution is 5.90. The van der Waals surface area contributed by atoms with Gasteiger partial charge in [-0.15, -0.1) is 0 Å². The largest absolute Gasteiger partial charge is 0.370 e. The molecule has 0 unspecified atom stereocenters. The zero-order valence-corrected chi connectivity index (χ0v) is 10.6. The topological polar surface area (TPSA) is 54.0 Å². The van der Waals surface area contributed by atoms with Crippen LogP contribution in [0, 0.1) is 0 Å². The number of pyridine rings is 1. The third-order valence-electron chi connectivity index (χ3n) is 2.36. The van der Waals surface area contributed by atoms with E-state index in [1.54, 1.807) is 6.20 Å². The third kappa shape index (κ3) is 5.33. The van der Waals surface area contributed by atoms with Crippen molar-refractivity contribution < 1.29 is 4.79 Å². The number of hydrogen-bond acceptors (Lipinski definition) is 3. The minimum absolute atomic E-state index is 0.0426. The Kier molecular flexibility index (Phi) is 6.07. The fourth-order valence-electron chi connectivity index (χ4n) is 1.42. The molecule has 0 radical (unpaired) electrons. The fourth-order valence-corrected chi connectivity index (χ4v) is 1.42. The van der Waals surface area contributed by atoms with Crippen molar-refractivity contribution >= 4 is 17.4 Å². The van der Waals surface area contributed by atoms with Crippen LogP contribution in [-0.2, 0) is 4.79 Å². The molecule has 0 aromatic carbocycles. The van der Waals surface area contributed by atoms with Crippen molar-refractivity contribution in [1.82, 2.24) is 4.98 Å². The minimum atomic E-state index is 0.0426. The Labute approximate surface area is 103 Å². The summed E-state index contributed by atoms with van der Waals surface area (Å²) < 4.78 is 0. The second-order valence-corrected chi connectivity index (χ2v) is 4.01. The van der Waals surface area contributed by atoms with Crippen LogP contribution in [0.3, 0.4) is 0 Å². The van der Waals surface area contributed by atoms with Crippen LogP contribution < -0.4 is 10.6 Å². The lowest BCUT2D eigenvalue weighted by Gasteiger charge is -2.06. The van der Waals surface area contributed by atoms with Crippen LogP contribution in [0.2, 0.25) is 0 Å². The van der Waals surface area contributed by atoms with Gasteiger partial charge in [0.15, 0.2) is 0 Å². The molecule has 1 amide bonds. The molecule has 94 valence electrons. The molecule has 1 rings (SSSR count). The lowest BCUT2D eigenvalue weighted by atomic mass is 10.3. The molecule has 0 atom stereocenters. The van der Waals surface area contributed by atoms with E-state index >= 15 is 0 Å². The number of nitrogens with one attached hydrogen (secondary N) is 2. The van der Waals surface area contributed by atoms with Gasteiger partial charge < -0.3 is 10.6 Å². The lowest BCUT2D eigenvalue weighted by molar-refractivity contribution is -0.116. The van der Waals surface area contributed by atoms with Crippen LogP contribution in [0.4, 0.5) is 11.5 Å². The summed E-state index contributed by atoms with van der Waals surface area (Å²) in [4.78, 5) is 15.6. The van der Waals surface area contributed by atoms with Crippen molar-refractivity contribution in [2.24, 2.45) is 0 Å².